The molecule has 0 saturated carbocycles. The van der Waals surface area contributed by atoms with Crippen LogP contribution in [0.1, 0.15) is 101 Å². The maximum atomic E-state index is 12.5. The Morgan fingerprint density at radius 1 is 0.556 bits per heavy atom. The molecule has 8 aromatic rings. The van der Waals surface area contributed by atoms with E-state index in [1.54, 1.807) is 0 Å². The molecule has 0 fully saturated rings. The molecule has 2 heterocycles. The van der Waals surface area contributed by atoms with Crippen LogP contribution in [-0.2, 0) is 63.0 Å². The van der Waals surface area contributed by atoms with Gasteiger partial charge in [0, 0.05) is 38.5 Å². The number of imidazole rings is 1. The largest absolute Gasteiger partial charge is 0.507 e. The topological polar surface area (TPSA) is 50.9 Å². The van der Waals surface area contributed by atoms with E-state index in [4.69, 9.17) is 9.97 Å². The summed E-state index contributed by atoms with van der Waals surface area (Å²) in [6, 6.07) is 50.2. The zero-order valence-electron chi connectivity index (χ0n) is 38.1. The van der Waals surface area contributed by atoms with Gasteiger partial charge in [-0.2, -0.15) is 0 Å². The Morgan fingerprint density at radius 3 is 1.87 bits per heavy atom. The van der Waals surface area contributed by atoms with E-state index in [1.165, 1.54) is 27.8 Å². The number of pyridine rings is 1. The van der Waals surface area contributed by atoms with Crippen LogP contribution in [0.3, 0.4) is 0 Å². The van der Waals surface area contributed by atoms with E-state index >= 15 is 0 Å². The number of aromatic hydroxyl groups is 1. The summed E-state index contributed by atoms with van der Waals surface area (Å²) < 4.78 is 2.35. The quantitative estimate of drug-likeness (QED) is 0.175. The van der Waals surface area contributed by atoms with Crippen molar-refractivity contribution in [2.75, 3.05) is 0 Å². The summed E-state index contributed by atoms with van der Waals surface area (Å²) >= 11 is 0. The van der Waals surface area contributed by atoms with Gasteiger partial charge in [0.2, 0.25) is 0 Å². The SMILES string of the molecule is CC(C)(C)c1cc(-c2cc(-c3ccccc3)ccn2)[c-]c(-c2cccc3c2nc(-c2cc(C(C)(C)C)cc(C(C)(C)C)c2O)n3-c2cc3ccc2CCc2ccc(cc2)CC3)c1.[Pt]. The van der Waals surface area contributed by atoms with Gasteiger partial charge in [-0.3, -0.25) is 9.55 Å². The molecule has 0 radical (unpaired) electrons. The Kier molecular flexibility index (Phi) is 11.8. The predicted octanol–water partition coefficient (Wildman–Crippen LogP) is 14.4. The van der Waals surface area contributed by atoms with Gasteiger partial charge in [-0.15, -0.1) is 29.3 Å². The second-order valence-corrected chi connectivity index (χ2v) is 20.4. The van der Waals surface area contributed by atoms with Crippen LogP contribution in [0.25, 0.3) is 61.6 Å². The average molecular weight is 1010 g/mol. The van der Waals surface area contributed by atoms with Gasteiger partial charge in [-0.25, -0.2) is 4.98 Å². The van der Waals surface area contributed by atoms with Crippen LogP contribution in [-0.4, -0.2) is 19.6 Å². The molecule has 4 nitrogen and oxygen atoms in total. The summed E-state index contributed by atoms with van der Waals surface area (Å²) in [6.45, 7) is 20.0. The summed E-state index contributed by atoms with van der Waals surface area (Å²) in [4.78, 5) is 10.6. The van der Waals surface area contributed by atoms with Crippen molar-refractivity contribution in [3.05, 3.63) is 179 Å². The van der Waals surface area contributed by atoms with Crippen LogP contribution in [0.4, 0.5) is 0 Å². The number of para-hydroxylation sites is 1. The summed E-state index contributed by atoms with van der Waals surface area (Å²) in [6.07, 6.45) is 5.59. The van der Waals surface area contributed by atoms with Gasteiger partial charge in [-0.05, 0) is 105 Å². The Hall–Kier alpha value is -5.57. The molecule has 6 aromatic carbocycles. The first-order valence-corrected chi connectivity index (χ1v) is 22.2. The van der Waals surface area contributed by atoms with Crippen LogP contribution in [0.15, 0.2) is 134 Å². The molecular formula is C58H58N3OPt-. The number of hydrogen-bond donors (Lipinski definition) is 1. The standard InChI is InChI=1S/C58H58N3O.Pt/c1-56(2,3)45-32-43(31-44(33-45)50-34-42(28-29-59-50)40-14-11-10-12-15-40)47-16-13-17-51-53(47)60-55(48-35-46(57(4,5)6)36-49(54(48)62)58(7,8)9)61(51)52-30-39-23-22-37-18-20-38(21-19-37)24-26-41(52)27-25-39;/h10-21,25,27-30,32-36,62H,22-24,26H2,1-9H3;/q-1;. The van der Waals surface area contributed by atoms with Crippen molar-refractivity contribution in [3.63, 3.8) is 0 Å². The van der Waals surface area contributed by atoms with E-state index < -0.39 is 0 Å². The fourth-order valence-corrected chi connectivity index (χ4v) is 8.85. The van der Waals surface area contributed by atoms with Crippen molar-refractivity contribution >= 4 is 11.0 Å². The first-order chi connectivity index (χ1) is 29.5. The molecule has 0 aliphatic heterocycles. The number of fused-ring (bicyclic) bond motifs is 1. The molecule has 4 bridgehead atoms. The molecule has 0 atom stereocenters. The van der Waals surface area contributed by atoms with Crippen LogP contribution in [0, 0.1) is 6.07 Å². The number of nitrogens with zero attached hydrogens (tertiary/aromatic N) is 3. The van der Waals surface area contributed by atoms with Gasteiger partial charge < -0.3 is 5.11 Å². The third kappa shape index (κ3) is 8.85. The summed E-state index contributed by atoms with van der Waals surface area (Å²) in [5.74, 6) is 1.02. The number of aryl methyl sites for hydroxylation is 4. The molecule has 63 heavy (non-hydrogen) atoms. The fourth-order valence-electron chi connectivity index (χ4n) is 8.85. The van der Waals surface area contributed by atoms with Crippen LogP contribution in [0.2, 0.25) is 0 Å². The summed E-state index contributed by atoms with van der Waals surface area (Å²) in [5, 5.41) is 12.5. The molecule has 12 rings (SSSR count). The zero-order chi connectivity index (χ0) is 43.6. The van der Waals surface area contributed by atoms with Crippen LogP contribution < -0.4 is 0 Å². The van der Waals surface area contributed by atoms with Crippen molar-refractivity contribution in [3.8, 4) is 56.3 Å². The van der Waals surface area contributed by atoms with Crippen molar-refractivity contribution in [1.82, 2.24) is 14.5 Å². The molecular weight excluding hydrogens is 950 g/mol. The predicted molar refractivity (Wildman–Crippen MR) is 258 cm³/mol. The summed E-state index contributed by atoms with van der Waals surface area (Å²) in [5.41, 5.74) is 17.6. The molecule has 0 saturated heterocycles. The van der Waals surface area contributed by atoms with Gasteiger partial charge in [-0.1, -0.05) is 164 Å². The number of rotatable bonds is 5. The minimum atomic E-state index is -0.305. The number of benzene rings is 6. The van der Waals surface area contributed by atoms with Crippen molar-refractivity contribution < 1.29 is 26.2 Å². The maximum absolute atomic E-state index is 12.5. The van der Waals surface area contributed by atoms with Gasteiger partial charge >= 0.3 is 0 Å². The Balaban J connectivity index is 0.00000544. The van der Waals surface area contributed by atoms with Crippen molar-refractivity contribution in [2.45, 2.75) is 104 Å². The Bertz CT molecular complexity index is 2960. The normalized spacial score (nSPS) is 13.2. The number of phenols is 1. The molecule has 2 aromatic heterocycles. The minimum absolute atomic E-state index is 0. The first kappa shape index (κ1) is 44.1. The van der Waals surface area contributed by atoms with Gasteiger partial charge in [0.15, 0.2) is 0 Å². The third-order valence-electron chi connectivity index (χ3n) is 12.7. The molecule has 0 amide bonds. The third-order valence-corrected chi connectivity index (χ3v) is 12.7. The van der Waals surface area contributed by atoms with Crippen molar-refractivity contribution in [2.24, 2.45) is 0 Å². The molecule has 0 spiro atoms. The number of aromatic nitrogens is 3. The van der Waals surface area contributed by atoms with E-state index in [-0.39, 0.29) is 43.1 Å². The Morgan fingerprint density at radius 2 is 1.19 bits per heavy atom. The fraction of sp³-hybridized carbons (Fsp3) is 0.276. The van der Waals surface area contributed by atoms with Gasteiger partial charge in [0.1, 0.15) is 11.6 Å². The van der Waals surface area contributed by atoms with E-state index in [2.05, 4.69) is 194 Å². The van der Waals surface area contributed by atoms with E-state index in [0.717, 1.165) is 98.4 Å². The van der Waals surface area contributed by atoms with Crippen molar-refractivity contribution in [1.29, 1.82) is 0 Å². The first-order valence-electron chi connectivity index (χ1n) is 22.2. The monoisotopic (exact) mass is 1010 g/mol. The molecule has 322 valence electrons. The Labute approximate surface area is 388 Å². The van der Waals surface area contributed by atoms with Gasteiger partial charge in [0.05, 0.1) is 22.3 Å². The number of hydrogen-bond acceptors (Lipinski definition) is 3. The molecule has 0 unspecified atom stereocenters. The molecule has 5 heteroatoms. The average Bonchev–Trinajstić information content (AvgIpc) is 3.63. The second kappa shape index (κ2) is 16.9. The smallest absolute Gasteiger partial charge is 0.148 e. The van der Waals surface area contributed by atoms with E-state index in [0.29, 0.717) is 0 Å². The number of phenolic OH excluding ortho intramolecular Hbond substituents is 1. The zero-order valence-corrected chi connectivity index (χ0v) is 40.4. The van der Waals surface area contributed by atoms with Crippen LogP contribution >= 0.6 is 0 Å². The molecule has 1 N–H and O–H groups in total. The maximum Gasteiger partial charge on any atom is 0.148 e. The van der Waals surface area contributed by atoms with E-state index in [9.17, 15) is 5.11 Å². The minimum Gasteiger partial charge on any atom is -0.507 e. The second-order valence-electron chi connectivity index (χ2n) is 20.4. The summed E-state index contributed by atoms with van der Waals surface area (Å²) in [7, 11) is 0. The molecule has 4 aliphatic rings. The van der Waals surface area contributed by atoms with Crippen LogP contribution in [0.5, 0.6) is 5.75 Å². The van der Waals surface area contributed by atoms with E-state index in [1.807, 2.05) is 12.3 Å². The van der Waals surface area contributed by atoms with Gasteiger partial charge in [0.25, 0.3) is 0 Å². The molecule has 4 aliphatic carbocycles.